The van der Waals surface area contributed by atoms with E-state index >= 15 is 0 Å². The Bertz CT molecular complexity index is 1350. The van der Waals surface area contributed by atoms with Crippen LogP contribution in [0.25, 0.3) is 16.6 Å². The molecule has 2 bridgehead atoms. The highest BCUT2D eigenvalue weighted by molar-refractivity contribution is 5.91. The van der Waals surface area contributed by atoms with Gasteiger partial charge in [-0.05, 0) is 43.7 Å². The molecule has 3 aromatic heterocycles. The fourth-order valence-corrected chi connectivity index (χ4v) is 5.30. The molecule has 6 rings (SSSR count). The second-order valence-corrected chi connectivity index (χ2v) is 9.25. The number of hydrogen-bond acceptors (Lipinski definition) is 6. The molecule has 4 aromatic rings. The van der Waals surface area contributed by atoms with Crippen LogP contribution in [0, 0.1) is 6.92 Å². The lowest BCUT2D eigenvalue weighted by molar-refractivity contribution is 0.231. The first kappa shape index (κ1) is 21.5. The minimum absolute atomic E-state index is 0.246. The number of nitrogens with zero attached hydrogens (tertiary/aromatic N) is 6. The molecule has 2 N–H and O–H groups in total. The van der Waals surface area contributed by atoms with Crippen molar-refractivity contribution in [2.24, 2.45) is 0 Å². The van der Waals surface area contributed by atoms with Crippen LogP contribution in [0.15, 0.2) is 67.1 Å². The number of piperazine rings is 1. The van der Waals surface area contributed by atoms with E-state index < -0.39 is 0 Å². The largest absolute Gasteiger partial charge is 0.366 e. The molecule has 1 aromatic carbocycles. The van der Waals surface area contributed by atoms with Crippen LogP contribution in [0.5, 0.6) is 0 Å². The summed E-state index contributed by atoms with van der Waals surface area (Å²) in [6, 6.07) is 17.2. The molecule has 2 amide bonds. The Morgan fingerprint density at radius 1 is 1.03 bits per heavy atom. The zero-order valence-electron chi connectivity index (χ0n) is 19.6. The second kappa shape index (κ2) is 8.99. The topological polar surface area (TPSA) is 91.2 Å². The van der Waals surface area contributed by atoms with Gasteiger partial charge in [-0.25, -0.2) is 14.5 Å². The Hall–Kier alpha value is -3.98. The zero-order valence-corrected chi connectivity index (χ0v) is 19.6. The number of urea groups is 1. The van der Waals surface area contributed by atoms with E-state index in [9.17, 15) is 4.79 Å². The molecule has 2 aliphatic heterocycles. The number of pyridine rings is 2. The number of benzene rings is 1. The van der Waals surface area contributed by atoms with Crippen molar-refractivity contribution in [3.8, 4) is 5.69 Å². The van der Waals surface area contributed by atoms with Crippen molar-refractivity contribution in [1.29, 1.82) is 0 Å². The number of para-hydroxylation sites is 1. The van der Waals surface area contributed by atoms with E-state index in [1.165, 1.54) is 12.1 Å². The summed E-state index contributed by atoms with van der Waals surface area (Å²) in [5, 5.41) is 11.2. The van der Waals surface area contributed by atoms with E-state index in [0.29, 0.717) is 24.4 Å². The lowest BCUT2D eigenvalue weighted by Crippen LogP contribution is -2.48. The molecule has 2 atom stereocenters. The maximum atomic E-state index is 12.5. The van der Waals surface area contributed by atoms with Crippen LogP contribution in [0.1, 0.15) is 12.1 Å². The number of amides is 2. The number of aromatic nitrogens is 4. The number of aryl methyl sites for hydroxylation is 1. The van der Waals surface area contributed by atoms with Gasteiger partial charge in [-0.1, -0.05) is 18.2 Å². The lowest BCUT2D eigenvalue weighted by atomic mass is 10.2. The van der Waals surface area contributed by atoms with Crippen LogP contribution in [0.2, 0.25) is 0 Å². The third-order valence-corrected chi connectivity index (χ3v) is 6.95. The van der Waals surface area contributed by atoms with Crippen molar-refractivity contribution in [1.82, 2.24) is 30.0 Å². The van der Waals surface area contributed by atoms with Crippen molar-refractivity contribution in [3.05, 3.63) is 72.8 Å². The molecule has 0 saturated carbocycles. The lowest BCUT2D eigenvalue weighted by Gasteiger charge is -2.35. The third kappa shape index (κ3) is 4.30. The Morgan fingerprint density at radius 3 is 2.71 bits per heavy atom. The standard InChI is InChI=1S/C26H28N8O/c1-18-11-21(7-8-27-18)34-24-15-29-25(12-19(24)14-30-34)31-26(35)28-9-10-32-16-23-13-22(32)17-33(23)20-5-3-2-4-6-20/h2-8,11-12,14-15,22-23H,9-10,13,16-17H2,1H3,(H2,28,29,31,35). The quantitative estimate of drug-likeness (QED) is 0.452. The highest BCUT2D eigenvalue weighted by Gasteiger charge is 2.42. The summed E-state index contributed by atoms with van der Waals surface area (Å²) in [6.07, 6.45) is 6.46. The van der Waals surface area contributed by atoms with Gasteiger partial charge in [0.2, 0.25) is 0 Å². The first-order valence-corrected chi connectivity index (χ1v) is 12.0. The number of carbonyl (C=O) groups excluding carboxylic acids is 1. The molecule has 2 fully saturated rings. The molecule has 0 spiro atoms. The van der Waals surface area contributed by atoms with Gasteiger partial charge in [0, 0.05) is 61.2 Å². The molecule has 0 aliphatic carbocycles. The van der Waals surface area contributed by atoms with Gasteiger partial charge >= 0.3 is 6.03 Å². The number of nitrogens with one attached hydrogen (secondary N) is 2. The monoisotopic (exact) mass is 468 g/mol. The predicted molar refractivity (Wildman–Crippen MR) is 136 cm³/mol. The third-order valence-electron chi connectivity index (χ3n) is 6.95. The van der Waals surface area contributed by atoms with Gasteiger partial charge in [-0.15, -0.1) is 0 Å². The van der Waals surface area contributed by atoms with Gasteiger partial charge in [-0.3, -0.25) is 15.2 Å². The molecular weight excluding hydrogens is 440 g/mol. The second-order valence-electron chi connectivity index (χ2n) is 9.25. The molecular formula is C26H28N8O. The van der Waals surface area contributed by atoms with Gasteiger partial charge < -0.3 is 10.2 Å². The van der Waals surface area contributed by atoms with Crippen LogP contribution < -0.4 is 15.5 Å². The van der Waals surface area contributed by atoms with Gasteiger partial charge in [0.25, 0.3) is 0 Å². The van der Waals surface area contributed by atoms with Crippen LogP contribution in [0.4, 0.5) is 16.3 Å². The normalized spacial score (nSPS) is 19.4. The first-order chi connectivity index (χ1) is 17.1. The molecule has 2 aliphatic rings. The fraction of sp³-hybridized carbons (Fsp3) is 0.308. The number of hydrogen-bond donors (Lipinski definition) is 2. The number of fused-ring (bicyclic) bond motifs is 3. The van der Waals surface area contributed by atoms with E-state index in [1.54, 1.807) is 18.6 Å². The molecule has 9 heteroatoms. The van der Waals surface area contributed by atoms with Crippen molar-refractivity contribution < 1.29 is 4.79 Å². The highest BCUT2D eigenvalue weighted by Crippen LogP contribution is 2.34. The molecule has 178 valence electrons. The molecule has 2 unspecified atom stereocenters. The predicted octanol–water partition coefficient (Wildman–Crippen LogP) is 3.21. The minimum Gasteiger partial charge on any atom is -0.366 e. The molecule has 0 radical (unpaired) electrons. The molecule has 35 heavy (non-hydrogen) atoms. The van der Waals surface area contributed by atoms with Crippen molar-refractivity contribution >= 4 is 28.4 Å². The van der Waals surface area contributed by atoms with Crippen molar-refractivity contribution in [2.75, 3.05) is 36.4 Å². The van der Waals surface area contributed by atoms with E-state index in [-0.39, 0.29) is 6.03 Å². The van der Waals surface area contributed by atoms with Crippen molar-refractivity contribution in [3.63, 3.8) is 0 Å². The minimum atomic E-state index is -0.246. The SMILES string of the molecule is Cc1cc(-n2ncc3cc(NC(=O)NCCN4CC5CC4CN5c4ccccc4)ncc32)ccn1. The van der Waals surface area contributed by atoms with Gasteiger partial charge in [0.05, 0.1) is 23.6 Å². The van der Waals surface area contributed by atoms with Gasteiger partial charge in [0.15, 0.2) is 0 Å². The highest BCUT2D eigenvalue weighted by atomic mass is 16.2. The van der Waals surface area contributed by atoms with E-state index in [0.717, 1.165) is 41.9 Å². The van der Waals surface area contributed by atoms with E-state index in [2.05, 4.69) is 65.8 Å². The Morgan fingerprint density at radius 2 is 1.91 bits per heavy atom. The summed E-state index contributed by atoms with van der Waals surface area (Å²) in [7, 11) is 0. The summed E-state index contributed by atoms with van der Waals surface area (Å²) in [5.41, 5.74) is 4.03. The van der Waals surface area contributed by atoms with E-state index in [4.69, 9.17) is 0 Å². The van der Waals surface area contributed by atoms with Crippen LogP contribution in [0.3, 0.4) is 0 Å². The number of rotatable bonds is 6. The number of likely N-dealkylation sites (tertiary alicyclic amines) is 1. The maximum absolute atomic E-state index is 12.5. The Balaban J connectivity index is 1.01. The fourth-order valence-electron chi connectivity index (χ4n) is 5.30. The van der Waals surface area contributed by atoms with Crippen molar-refractivity contribution in [2.45, 2.75) is 25.4 Å². The summed E-state index contributed by atoms with van der Waals surface area (Å²) in [6.45, 7) is 5.49. The van der Waals surface area contributed by atoms with Gasteiger partial charge in [-0.2, -0.15) is 5.10 Å². The Kier molecular flexibility index (Phi) is 5.54. The molecule has 2 saturated heterocycles. The average Bonchev–Trinajstić information content (AvgIpc) is 3.59. The number of carbonyl (C=O) groups is 1. The maximum Gasteiger partial charge on any atom is 0.320 e. The van der Waals surface area contributed by atoms with Crippen LogP contribution in [-0.4, -0.2) is 68.9 Å². The van der Waals surface area contributed by atoms with Gasteiger partial charge in [0.1, 0.15) is 5.82 Å². The van der Waals surface area contributed by atoms with Crippen LogP contribution in [-0.2, 0) is 0 Å². The Labute approximate surface area is 203 Å². The molecule has 5 heterocycles. The summed E-state index contributed by atoms with van der Waals surface area (Å²) < 4.78 is 1.82. The number of anilines is 2. The summed E-state index contributed by atoms with van der Waals surface area (Å²) in [4.78, 5) is 26.1. The zero-order chi connectivity index (χ0) is 23.8. The average molecular weight is 469 g/mol. The van der Waals surface area contributed by atoms with E-state index in [1.807, 2.05) is 29.8 Å². The molecule has 9 nitrogen and oxygen atoms in total. The smallest absolute Gasteiger partial charge is 0.320 e. The van der Waals surface area contributed by atoms with Crippen LogP contribution >= 0.6 is 0 Å². The first-order valence-electron chi connectivity index (χ1n) is 12.0. The summed E-state index contributed by atoms with van der Waals surface area (Å²) in [5.74, 6) is 0.499. The summed E-state index contributed by atoms with van der Waals surface area (Å²) >= 11 is 0.